The Kier molecular flexibility index (Phi) is 4.46. The van der Waals surface area contributed by atoms with Crippen LogP contribution in [0, 0.1) is 16.9 Å². The smallest absolute Gasteiger partial charge is 0.339 e. The number of rotatable bonds is 3. The lowest BCUT2D eigenvalue weighted by Crippen LogP contribution is -2.37. The molecule has 0 saturated heterocycles. The van der Waals surface area contributed by atoms with Crippen molar-refractivity contribution in [3.8, 4) is 5.69 Å². The van der Waals surface area contributed by atoms with Crippen molar-refractivity contribution in [2.75, 3.05) is 5.32 Å². The number of hydrogen-bond acceptors (Lipinski definition) is 5. The van der Waals surface area contributed by atoms with Crippen LogP contribution in [0.4, 0.5) is 10.2 Å². The standard InChI is InChI=1S/C22H19FN4O4/c23-15-1-3-16(4-2-15)27-12-8-19(25-27)24-20(28)14-5-9-22(10-6-14)18-13-26(30)11-7-17(18)21(29)31-22/h1-4,7-8,11-14H,5-6,9-10H2,(H,24,25,28). The summed E-state index contributed by atoms with van der Waals surface area (Å²) in [5, 5.41) is 18.9. The molecule has 1 N–H and O–H groups in total. The highest BCUT2D eigenvalue weighted by atomic mass is 19.1. The van der Waals surface area contributed by atoms with E-state index in [1.165, 1.54) is 30.6 Å². The summed E-state index contributed by atoms with van der Waals surface area (Å²) in [6.45, 7) is 0. The van der Waals surface area contributed by atoms with Gasteiger partial charge >= 0.3 is 5.97 Å². The van der Waals surface area contributed by atoms with Gasteiger partial charge in [-0.25, -0.2) is 13.9 Å². The van der Waals surface area contributed by atoms with Crippen LogP contribution in [0.2, 0.25) is 0 Å². The number of carbonyl (C=O) groups excluding carboxylic acids is 2. The van der Waals surface area contributed by atoms with E-state index >= 15 is 0 Å². The number of esters is 1. The Bertz CT molecular complexity index is 1170. The summed E-state index contributed by atoms with van der Waals surface area (Å²) in [5.74, 6) is -0.771. The zero-order chi connectivity index (χ0) is 21.6. The molecule has 0 bridgehead atoms. The topological polar surface area (TPSA) is 100 Å². The molecular formula is C22H19FN4O4. The second kappa shape index (κ2) is 7.19. The van der Waals surface area contributed by atoms with Crippen molar-refractivity contribution in [2.45, 2.75) is 31.3 Å². The number of halogens is 1. The van der Waals surface area contributed by atoms with E-state index in [4.69, 9.17) is 4.74 Å². The average molecular weight is 422 g/mol. The molecule has 2 aromatic heterocycles. The Hall–Kier alpha value is -3.75. The molecule has 0 atom stereocenters. The summed E-state index contributed by atoms with van der Waals surface area (Å²) in [4.78, 5) is 25.0. The highest BCUT2D eigenvalue weighted by molar-refractivity contribution is 5.95. The lowest BCUT2D eigenvalue weighted by Gasteiger charge is -2.35. The van der Waals surface area contributed by atoms with Crippen LogP contribution in [0.5, 0.6) is 0 Å². The van der Waals surface area contributed by atoms with Gasteiger partial charge in [0.15, 0.2) is 18.2 Å². The number of benzene rings is 1. The van der Waals surface area contributed by atoms with Crippen molar-refractivity contribution in [3.05, 3.63) is 77.1 Å². The molecule has 9 heteroatoms. The Balaban J connectivity index is 1.25. The highest BCUT2D eigenvalue weighted by Gasteiger charge is 2.50. The molecule has 1 amide bonds. The number of carbonyl (C=O) groups is 2. The van der Waals surface area contributed by atoms with E-state index in [1.54, 1.807) is 29.1 Å². The van der Waals surface area contributed by atoms with E-state index in [0.717, 1.165) is 0 Å². The lowest BCUT2D eigenvalue weighted by atomic mass is 9.75. The molecule has 0 unspecified atom stereocenters. The van der Waals surface area contributed by atoms with Gasteiger partial charge in [0, 0.05) is 24.2 Å². The number of amides is 1. The number of pyridine rings is 1. The van der Waals surface area contributed by atoms with Crippen LogP contribution in [0.25, 0.3) is 5.69 Å². The number of hydrogen-bond donors (Lipinski definition) is 1. The molecule has 1 fully saturated rings. The van der Waals surface area contributed by atoms with Crippen molar-refractivity contribution in [2.24, 2.45) is 5.92 Å². The van der Waals surface area contributed by atoms with Gasteiger partial charge in [-0.2, -0.15) is 9.83 Å². The fourth-order valence-electron chi connectivity index (χ4n) is 4.38. The molecule has 3 heterocycles. The lowest BCUT2D eigenvalue weighted by molar-refractivity contribution is -0.606. The molecule has 5 rings (SSSR count). The molecule has 0 radical (unpaired) electrons. The third kappa shape index (κ3) is 3.41. The first-order chi connectivity index (χ1) is 14.9. The van der Waals surface area contributed by atoms with Gasteiger partial charge in [-0.15, -0.1) is 0 Å². The number of ether oxygens (including phenoxy) is 1. The van der Waals surface area contributed by atoms with Gasteiger partial charge in [0.1, 0.15) is 11.4 Å². The van der Waals surface area contributed by atoms with Crippen LogP contribution < -0.4 is 10.0 Å². The third-order valence-corrected chi connectivity index (χ3v) is 6.03. The first-order valence-corrected chi connectivity index (χ1v) is 10.0. The van der Waals surface area contributed by atoms with Crippen molar-refractivity contribution >= 4 is 17.7 Å². The normalized spacial score (nSPS) is 22.2. The van der Waals surface area contributed by atoms with Crippen LogP contribution in [-0.4, -0.2) is 21.7 Å². The summed E-state index contributed by atoms with van der Waals surface area (Å²) in [6.07, 6.45) is 6.34. The Morgan fingerprint density at radius 1 is 1.23 bits per heavy atom. The Morgan fingerprint density at radius 2 is 1.97 bits per heavy atom. The van der Waals surface area contributed by atoms with Crippen LogP contribution in [0.15, 0.2) is 55.0 Å². The SMILES string of the molecule is O=C1OC2(CCC(C(=O)Nc3ccn(-c4ccc(F)cc4)n3)CC2)c2c[n+]([O-])ccc21. The summed E-state index contributed by atoms with van der Waals surface area (Å²) >= 11 is 0. The van der Waals surface area contributed by atoms with E-state index < -0.39 is 11.6 Å². The maximum atomic E-state index is 13.1. The second-order valence-electron chi connectivity index (χ2n) is 7.90. The maximum absolute atomic E-state index is 13.1. The van der Waals surface area contributed by atoms with Gasteiger partial charge in [-0.1, -0.05) is 0 Å². The largest absolute Gasteiger partial charge is 0.619 e. The quantitative estimate of drug-likeness (QED) is 0.397. The first kappa shape index (κ1) is 19.2. The van der Waals surface area contributed by atoms with E-state index in [0.29, 0.717) is 53.0 Å². The van der Waals surface area contributed by atoms with Gasteiger partial charge in [0.25, 0.3) is 0 Å². The summed E-state index contributed by atoms with van der Waals surface area (Å²) in [6, 6.07) is 9.04. The van der Waals surface area contributed by atoms with Crippen LogP contribution >= 0.6 is 0 Å². The minimum Gasteiger partial charge on any atom is -0.619 e. The molecular weight excluding hydrogens is 403 g/mol. The predicted molar refractivity (Wildman–Crippen MR) is 107 cm³/mol. The molecule has 8 nitrogen and oxygen atoms in total. The summed E-state index contributed by atoms with van der Waals surface area (Å²) < 4.78 is 21.0. The molecule has 31 heavy (non-hydrogen) atoms. The molecule has 1 aliphatic carbocycles. The predicted octanol–water partition coefficient (Wildman–Crippen LogP) is 2.84. The minimum atomic E-state index is -0.833. The van der Waals surface area contributed by atoms with E-state index in [9.17, 15) is 19.2 Å². The summed E-state index contributed by atoms with van der Waals surface area (Å²) in [7, 11) is 0. The summed E-state index contributed by atoms with van der Waals surface area (Å²) in [5.41, 5.74) is 0.868. The van der Waals surface area contributed by atoms with Crippen molar-refractivity contribution in [1.29, 1.82) is 0 Å². The van der Waals surface area contributed by atoms with Crippen molar-refractivity contribution < 1.29 is 23.4 Å². The van der Waals surface area contributed by atoms with Crippen molar-refractivity contribution in [1.82, 2.24) is 9.78 Å². The fraction of sp³-hybridized carbons (Fsp3) is 0.273. The molecule has 158 valence electrons. The average Bonchev–Trinajstić information content (AvgIpc) is 3.32. The van der Waals surface area contributed by atoms with Crippen LogP contribution in [0.1, 0.15) is 41.6 Å². The molecule has 1 saturated carbocycles. The molecule has 1 aliphatic heterocycles. The van der Waals surface area contributed by atoms with Crippen LogP contribution in [0.3, 0.4) is 0 Å². The number of nitrogens with one attached hydrogen (secondary N) is 1. The minimum absolute atomic E-state index is 0.157. The molecule has 1 spiro atoms. The Labute approximate surface area is 176 Å². The second-order valence-corrected chi connectivity index (χ2v) is 7.90. The van der Waals surface area contributed by atoms with E-state index in [1.807, 2.05) is 0 Å². The zero-order valence-electron chi connectivity index (χ0n) is 16.5. The van der Waals surface area contributed by atoms with Gasteiger partial charge in [-0.05, 0) is 49.9 Å². The van der Waals surface area contributed by atoms with E-state index in [2.05, 4.69) is 10.4 Å². The van der Waals surface area contributed by atoms with Gasteiger partial charge < -0.3 is 15.3 Å². The molecule has 3 aromatic rings. The Morgan fingerprint density at radius 3 is 2.71 bits per heavy atom. The van der Waals surface area contributed by atoms with Gasteiger partial charge in [0.05, 0.1) is 16.8 Å². The highest BCUT2D eigenvalue weighted by Crippen LogP contribution is 2.47. The number of aromatic nitrogens is 3. The van der Waals surface area contributed by atoms with Crippen LogP contribution in [-0.2, 0) is 15.1 Å². The number of nitrogens with zero attached hydrogens (tertiary/aromatic N) is 3. The molecule has 1 aromatic carbocycles. The number of anilines is 1. The molecule has 2 aliphatic rings. The third-order valence-electron chi connectivity index (χ3n) is 6.03. The van der Waals surface area contributed by atoms with Crippen molar-refractivity contribution in [3.63, 3.8) is 0 Å². The van der Waals surface area contributed by atoms with Gasteiger partial charge in [-0.3, -0.25) is 4.79 Å². The number of fused-ring (bicyclic) bond motifs is 2. The monoisotopic (exact) mass is 422 g/mol. The van der Waals surface area contributed by atoms with Gasteiger partial charge in [0.2, 0.25) is 5.91 Å². The maximum Gasteiger partial charge on any atom is 0.339 e. The van der Waals surface area contributed by atoms with E-state index in [-0.39, 0.29) is 17.6 Å². The first-order valence-electron chi connectivity index (χ1n) is 10.0. The zero-order valence-corrected chi connectivity index (χ0v) is 16.5. The fourth-order valence-corrected chi connectivity index (χ4v) is 4.38.